The first-order valence-corrected chi connectivity index (χ1v) is 8.49. The summed E-state index contributed by atoms with van der Waals surface area (Å²) in [6, 6.07) is 11.1. The van der Waals surface area contributed by atoms with Gasteiger partial charge < -0.3 is 10.1 Å². The number of halogens is 4. The molecule has 1 aromatic heterocycles. The summed E-state index contributed by atoms with van der Waals surface area (Å²) in [6.45, 7) is 2.78. The van der Waals surface area contributed by atoms with E-state index in [1.807, 2.05) is 31.2 Å². The average Bonchev–Trinajstić information content (AvgIpc) is 3.01. The summed E-state index contributed by atoms with van der Waals surface area (Å²) < 4.78 is 47.6. The van der Waals surface area contributed by atoms with Gasteiger partial charge in [-0.3, -0.25) is 0 Å². The number of aromatic nitrogens is 2. The van der Waals surface area contributed by atoms with Crippen LogP contribution in [0.5, 0.6) is 5.88 Å². The van der Waals surface area contributed by atoms with E-state index in [0.717, 1.165) is 22.9 Å². The van der Waals surface area contributed by atoms with E-state index in [1.165, 1.54) is 0 Å². The van der Waals surface area contributed by atoms with Crippen LogP contribution in [0.15, 0.2) is 42.5 Å². The van der Waals surface area contributed by atoms with Gasteiger partial charge >= 0.3 is 0 Å². The molecule has 1 heterocycles. The third kappa shape index (κ3) is 5.27. The maximum Gasteiger partial charge on any atom is 0.212 e. The molecule has 0 aliphatic heterocycles. The van der Waals surface area contributed by atoms with Crippen molar-refractivity contribution in [3.63, 3.8) is 0 Å². The zero-order valence-electron chi connectivity index (χ0n) is 15.5. The van der Waals surface area contributed by atoms with Crippen molar-refractivity contribution in [3.05, 3.63) is 82.3 Å². The Balaban J connectivity index is 0.00000280. The Hall–Kier alpha value is -2.51. The Morgan fingerprint density at radius 1 is 1.00 bits per heavy atom. The van der Waals surface area contributed by atoms with Gasteiger partial charge in [-0.15, -0.1) is 12.4 Å². The van der Waals surface area contributed by atoms with Gasteiger partial charge in [0.1, 0.15) is 12.4 Å². The Kier molecular flexibility index (Phi) is 7.48. The van der Waals surface area contributed by atoms with Crippen molar-refractivity contribution < 1.29 is 17.9 Å². The van der Waals surface area contributed by atoms with Gasteiger partial charge in [0.15, 0.2) is 11.6 Å². The first-order chi connectivity index (χ1) is 13.0. The molecule has 28 heavy (non-hydrogen) atoms. The van der Waals surface area contributed by atoms with Crippen molar-refractivity contribution in [1.29, 1.82) is 0 Å². The lowest BCUT2D eigenvalue weighted by molar-refractivity contribution is 0.269. The van der Waals surface area contributed by atoms with Crippen LogP contribution in [0.1, 0.15) is 22.4 Å². The van der Waals surface area contributed by atoms with E-state index in [4.69, 9.17) is 4.74 Å². The van der Waals surface area contributed by atoms with Crippen molar-refractivity contribution in [2.24, 2.45) is 0 Å². The smallest absolute Gasteiger partial charge is 0.212 e. The molecule has 0 bridgehead atoms. The van der Waals surface area contributed by atoms with Crippen LogP contribution in [0, 0.1) is 24.4 Å². The van der Waals surface area contributed by atoms with Crippen LogP contribution in [0.25, 0.3) is 0 Å². The SMILES string of the molecule is CNCc1cc(OCc2cc(F)c(F)cc2F)n(Cc2ccc(C)cc2)n1.Cl. The zero-order chi connectivity index (χ0) is 19.4. The van der Waals surface area contributed by atoms with Gasteiger partial charge in [0.05, 0.1) is 12.2 Å². The van der Waals surface area contributed by atoms with Crippen LogP contribution >= 0.6 is 12.4 Å². The van der Waals surface area contributed by atoms with E-state index in [-0.39, 0.29) is 24.6 Å². The maximum absolute atomic E-state index is 13.8. The van der Waals surface area contributed by atoms with Crippen molar-refractivity contribution in [2.75, 3.05) is 7.05 Å². The molecule has 150 valence electrons. The highest BCUT2D eigenvalue weighted by atomic mass is 35.5. The summed E-state index contributed by atoms with van der Waals surface area (Å²) in [5, 5.41) is 7.50. The summed E-state index contributed by atoms with van der Waals surface area (Å²) in [7, 11) is 1.80. The summed E-state index contributed by atoms with van der Waals surface area (Å²) in [4.78, 5) is 0. The molecular weight excluding hydrogens is 391 g/mol. The van der Waals surface area contributed by atoms with Gasteiger partial charge in [0.2, 0.25) is 5.88 Å². The molecule has 0 aliphatic carbocycles. The molecule has 0 radical (unpaired) electrons. The topological polar surface area (TPSA) is 39.1 Å². The Labute approximate surface area is 167 Å². The molecule has 0 atom stereocenters. The van der Waals surface area contributed by atoms with E-state index in [9.17, 15) is 13.2 Å². The highest BCUT2D eigenvalue weighted by Crippen LogP contribution is 2.20. The van der Waals surface area contributed by atoms with Crippen molar-refractivity contribution in [3.8, 4) is 5.88 Å². The predicted octanol–water partition coefficient (Wildman–Crippen LogP) is 4.38. The highest BCUT2D eigenvalue weighted by Gasteiger charge is 2.13. The lowest BCUT2D eigenvalue weighted by Crippen LogP contribution is -2.09. The second kappa shape index (κ2) is 9.61. The van der Waals surface area contributed by atoms with Crippen molar-refractivity contribution >= 4 is 12.4 Å². The Bertz CT molecular complexity index is 929. The number of rotatable bonds is 7. The molecule has 1 N–H and O–H groups in total. The van der Waals surface area contributed by atoms with Crippen LogP contribution in [-0.2, 0) is 19.7 Å². The summed E-state index contributed by atoms with van der Waals surface area (Å²) in [5.74, 6) is -2.77. The number of hydrogen-bond donors (Lipinski definition) is 1. The largest absolute Gasteiger partial charge is 0.473 e. The second-order valence-corrected chi connectivity index (χ2v) is 6.29. The summed E-state index contributed by atoms with van der Waals surface area (Å²) in [6.07, 6.45) is 0. The zero-order valence-corrected chi connectivity index (χ0v) is 16.3. The summed E-state index contributed by atoms with van der Waals surface area (Å²) >= 11 is 0. The molecular formula is C20H21ClF3N3O. The Morgan fingerprint density at radius 3 is 2.36 bits per heavy atom. The minimum absolute atomic E-state index is 0. The van der Waals surface area contributed by atoms with E-state index < -0.39 is 17.5 Å². The van der Waals surface area contributed by atoms with Crippen LogP contribution in [0.4, 0.5) is 13.2 Å². The highest BCUT2D eigenvalue weighted by molar-refractivity contribution is 5.85. The summed E-state index contributed by atoms with van der Waals surface area (Å²) in [5.41, 5.74) is 2.88. The molecule has 0 aliphatic rings. The molecule has 8 heteroatoms. The molecule has 3 rings (SSSR count). The third-order valence-corrected chi connectivity index (χ3v) is 4.07. The molecule has 0 fully saturated rings. The molecule has 2 aromatic carbocycles. The van der Waals surface area contributed by atoms with Crippen molar-refractivity contribution in [1.82, 2.24) is 15.1 Å². The molecule has 0 saturated carbocycles. The number of hydrogen-bond acceptors (Lipinski definition) is 3. The molecule has 0 spiro atoms. The van der Waals surface area contributed by atoms with E-state index in [1.54, 1.807) is 17.8 Å². The second-order valence-electron chi connectivity index (χ2n) is 6.29. The van der Waals surface area contributed by atoms with Crippen LogP contribution < -0.4 is 10.1 Å². The van der Waals surface area contributed by atoms with Gasteiger partial charge in [-0.1, -0.05) is 29.8 Å². The Morgan fingerprint density at radius 2 is 1.68 bits per heavy atom. The normalized spacial score (nSPS) is 10.6. The lowest BCUT2D eigenvalue weighted by atomic mass is 10.1. The number of ether oxygens (including phenoxy) is 1. The molecule has 0 saturated heterocycles. The minimum atomic E-state index is -1.23. The quantitative estimate of drug-likeness (QED) is 0.586. The van der Waals surface area contributed by atoms with Crippen LogP contribution in [-0.4, -0.2) is 16.8 Å². The van der Waals surface area contributed by atoms with Gasteiger partial charge in [0.25, 0.3) is 0 Å². The molecule has 4 nitrogen and oxygen atoms in total. The number of benzene rings is 2. The third-order valence-electron chi connectivity index (χ3n) is 4.07. The van der Waals surface area contributed by atoms with E-state index in [2.05, 4.69) is 10.4 Å². The first kappa shape index (κ1) is 21.8. The fraction of sp³-hybridized carbons (Fsp3) is 0.250. The van der Waals surface area contributed by atoms with Crippen molar-refractivity contribution in [2.45, 2.75) is 26.6 Å². The minimum Gasteiger partial charge on any atom is -0.473 e. The van der Waals surface area contributed by atoms with Gasteiger partial charge in [-0.05, 0) is 25.6 Å². The van der Waals surface area contributed by atoms with Gasteiger partial charge in [0, 0.05) is 24.2 Å². The number of aryl methyl sites for hydroxylation is 1. The van der Waals surface area contributed by atoms with E-state index in [0.29, 0.717) is 25.0 Å². The van der Waals surface area contributed by atoms with Crippen LogP contribution in [0.3, 0.4) is 0 Å². The monoisotopic (exact) mass is 411 g/mol. The van der Waals surface area contributed by atoms with Gasteiger partial charge in [-0.25, -0.2) is 17.9 Å². The predicted molar refractivity (Wildman–Crippen MR) is 103 cm³/mol. The fourth-order valence-corrected chi connectivity index (χ4v) is 2.64. The molecule has 0 unspecified atom stereocenters. The lowest BCUT2D eigenvalue weighted by Gasteiger charge is -2.10. The van der Waals surface area contributed by atoms with Gasteiger partial charge in [-0.2, -0.15) is 5.10 Å². The average molecular weight is 412 g/mol. The number of nitrogens with one attached hydrogen (secondary N) is 1. The molecule has 3 aromatic rings. The first-order valence-electron chi connectivity index (χ1n) is 8.49. The standard InChI is InChI=1S/C20H20F3N3O.ClH/c1-13-3-5-14(6-4-13)11-26-20(8-16(25-26)10-24-2)27-12-15-7-18(22)19(23)9-17(15)21;/h3-9,24H,10-12H2,1-2H3;1H. The molecule has 0 amide bonds. The fourth-order valence-electron chi connectivity index (χ4n) is 2.64. The number of nitrogens with zero attached hydrogens (tertiary/aromatic N) is 2. The van der Waals surface area contributed by atoms with Crippen LogP contribution in [0.2, 0.25) is 0 Å². The maximum atomic E-state index is 13.8. The van der Waals surface area contributed by atoms with E-state index >= 15 is 0 Å².